The number of halogens is 1. The van der Waals surface area contributed by atoms with E-state index in [0.717, 1.165) is 33.4 Å². The van der Waals surface area contributed by atoms with Crippen LogP contribution in [-0.2, 0) is 0 Å². The summed E-state index contributed by atoms with van der Waals surface area (Å²) in [7, 11) is 0. The van der Waals surface area contributed by atoms with Crippen molar-refractivity contribution in [2.24, 2.45) is 0 Å². The van der Waals surface area contributed by atoms with Crippen LogP contribution in [0.1, 0.15) is 34.3 Å². The minimum atomic E-state index is -0.412. The molecule has 0 aliphatic carbocycles. The highest BCUT2D eigenvalue weighted by atomic mass is 19.1. The zero-order valence-corrected chi connectivity index (χ0v) is 16.7. The van der Waals surface area contributed by atoms with Gasteiger partial charge in [0.05, 0.1) is 16.8 Å². The number of carbonyl (C=O) groups is 1. The number of carbonyl (C=O) groups excluding carboxylic acids is 1. The summed E-state index contributed by atoms with van der Waals surface area (Å²) in [4.78, 5) is 12.2. The number of hydrogen-bond donors (Lipinski definition) is 2. The molecule has 6 nitrogen and oxygen atoms in total. The summed E-state index contributed by atoms with van der Waals surface area (Å²) < 4.78 is 19.8. The van der Waals surface area contributed by atoms with Gasteiger partial charge in [0.15, 0.2) is 0 Å². The smallest absolute Gasteiger partial charge is 0.251 e. The second-order valence-corrected chi connectivity index (χ2v) is 7.02. The number of fused-ring (bicyclic) bond motifs is 1. The normalized spacial score (nSPS) is 11.2. The Bertz CT molecular complexity index is 1220. The van der Waals surface area contributed by atoms with Gasteiger partial charge in [-0.05, 0) is 68.7 Å². The van der Waals surface area contributed by atoms with Crippen LogP contribution in [0.15, 0.2) is 34.9 Å². The minimum Gasteiger partial charge on any atom is -0.361 e. The first-order chi connectivity index (χ1) is 13.9. The molecule has 4 aromatic rings. The average molecular weight is 392 g/mol. The average Bonchev–Trinajstić information content (AvgIpc) is 3.25. The molecule has 2 N–H and O–H groups in total. The Balaban J connectivity index is 1.83. The summed E-state index contributed by atoms with van der Waals surface area (Å²) in [6, 6.07) is 8.74. The summed E-state index contributed by atoms with van der Waals surface area (Å²) in [5.74, 6) is -0.00615. The van der Waals surface area contributed by atoms with Crippen molar-refractivity contribution in [1.82, 2.24) is 20.7 Å². The van der Waals surface area contributed by atoms with Crippen LogP contribution in [0.3, 0.4) is 0 Å². The second-order valence-electron chi connectivity index (χ2n) is 7.02. The van der Waals surface area contributed by atoms with Crippen LogP contribution in [0.2, 0.25) is 0 Å². The van der Waals surface area contributed by atoms with Crippen molar-refractivity contribution in [3.63, 3.8) is 0 Å². The Morgan fingerprint density at radius 3 is 2.69 bits per heavy atom. The molecule has 0 saturated carbocycles. The van der Waals surface area contributed by atoms with Crippen LogP contribution in [0, 0.1) is 26.6 Å². The Labute approximate surface area is 167 Å². The van der Waals surface area contributed by atoms with E-state index in [1.54, 1.807) is 13.0 Å². The lowest BCUT2D eigenvalue weighted by molar-refractivity contribution is 0.0955. The molecular weight excluding hydrogens is 371 g/mol. The second kappa shape index (κ2) is 7.16. The van der Waals surface area contributed by atoms with Gasteiger partial charge in [0.2, 0.25) is 0 Å². The van der Waals surface area contributed by atoms with Gasteiger partial charge < -0.3 is 9.84 Å². The lowest BCUT2D eigenvalue weighted by atomic mass is 9.96. The number of aryl methyl sites for hydroxylation is 2. The highest BCUT2D eigenvalue weighted by molar-refractivity contribution is 5.98. The SMILES string of the molecule is CCNC(=O)c1cc(F)c(C)c(-c2ccc3c(-c4c(C)noc4C)n[nH]c3c2)c1. The third kappa shape index (κ3) is 3.18. The van der Waals surface area contributed by atoms with Crippen LogP contribution in [0.25, 0.3) is 33.3 Å². The molecule has 2 aromatic heterocycles. The molecular formula is C22H21FN4O2. The Hall–Kier alpha value is -3.48. The molecule has 0 radical (unpaired) electrons. The van der Waals surface area contributed by atoms with Gasteiger partial charge in [0.25, 0.3) is 5.91 Å². The van der Waals surface area contributed by atoms with Crippen LogP contribution >= 0.6 is 0 Å². The predicted octanol–water partition coefficient (Wildman–Crippen LogP) is 4.70. The van der Waals surface area contributed by atoms with Gasteiger partial charge >= 0.3 is 0 Å². The van der Waals surface area contributed by atoms with E-state index in [1.807, 2.05) is 39.0 Å². The van der Waals surface area contributed by atoms with Crippen molar-refractivity contribution >= 4 is 16.8 Å². The van der Waals surface area contributed by atoms with Crippen molar-refractivity contribution in [2.75, 3.05) is 6.54 Å². The van der Waals surface area contributed by atoms with Crippen molar-refractivity contribution in [3.8, 4) is 22.4 Å². The van der Waals surface area contributed by atoms with E-state index in [0.29, 0.717) is 29.0 Å². The standard InChI is InChI=1S/C22H21FN4O2/c1-5-24-22(28)15-8-17(11(2)18(23)9-15)14-6-7-16-19(10-14)25-26-21(16)20-12(3)27-29-13(20)4/h6-10H,5H2,1-4H3,(H,24,28)(H,25,26). The number of benzene rings is 2. The highest BCUT2D eigenvalue weighted by Gasteiger charge is 2.19. The lowest BCUT2D eigenvalue weighted by Crippen LogP contribution is -2.22. The van der Waals surface area contributed by atoms with Crippen LogP contribution in [-0.4, -0.2) is 27.8 Å². The summed E-state index contributed by atoms with van der Waals surface area (Å²) >= 11 is 0. The Morgan fingerprint density at radius 1 is 1.21 bits per heavy atom. The first-order valence-corrected chi connectivity index (χ1v) is 9.40. The number of amides is 1. The van der Waals surface area contributed by atoms with Crippen LogP contribution < -0.4 is 5.32 Å². The molecule has 1 amide bonds. The number of nitrogens with one attached hydrogen (secondary N) is 2. The third-order valence-corrected chi connectivity index (χ3v) is 5.09. The molecule has 0 saturated heterocycles. The zero-order chi connectivity index (χ0) is 20.7. The first-order valence-electron chi connectivity index (χ1n) is 9.40. The molecule has 0 aliphatic heterocycles. The molecule has 0 spiro atoms. The number of aromatic nitrogens is 3. The fraction of sp³-hybridized carbons (Fsp3) is 0.227. The monoisotopic (exact) mass is 392 g/mol. The largest absolute Gasteiger partial charge is 0.361 e. The number of H-pyrrole nitrogens is 1. The highest BCUT2D eigenvalue weighted by Crippen LogP contribution is 2.34. The van der Waals surface area contributed by atoms with Gasteiger partial charge in [-0.2, -0.15) is 5.10 Å². The quantitative estimate of drug-likeness (QED) is 0.527. The summed E-state index contributed by atoms with van der Waals surface area (Å²) in [5.41, 5.74) is 5.46. The van der Waals surface area contributed by atoms with Gasteiger partial charge in [0, 0.05) is 17.5 Å². The fourth-order valence-electron chi connectivity index (χ4n) is 3.57. The maximum Gasteiger partial charge on any atom is 0.251 e. The van der Waals surface area contributed by atoms with E-state index < -0.39 is 5.82 Å². The van der Waals surface area contributed by atoms with E-state index in [2.05, 4.69) is 20.7 Å². The molecule has 148 valence electrons. The van der Waals surface area contributed by atoms with Gasteiger partial charge in [0.1, 0.15) is 17.3 Å². The molecule has 0 fully saturated rings. The van der Waals surface area contributed by atoms with E-state index in [1.165, 1.54) is 6.07 Å². The molecule has 0 bridgehead atoms. The lowest BCUT2D eigenvalue weighted by Gasteiger charge is -2.11. The Morgan fingerprint density at radius 2 is 2.00 bits per heavy atom. The van der Waals surface area contributed by atoms with E-state index in [4.69, 9.17) is 4.52 Å². The molecule has 7 heteroatoms. The van der Waals surface area contributed by atoms with E-state index in [9.17, 15) is 9.18 Å². The Kier molecular flexibility index (Phi) is 4.66. The van der Waals surface area contributed by atoms with E-state index in [-0.39, 0.29) is 5.91 Å². The zero-order valence-electron chi connectivity index (χ0n) is 16.7. The third-order valence-electron chi connectivity index (χ3n) is 5.09. The van der Waals surface area contributed by atoms with E-state index >= 15 is 0 Å². The molecule has 29 heavy (non-hydrogen) atoms. The number of rotatable bonds is 4. The number of hydrogen-bond acceptors (Lipinski definition) is 4. The topological polar surface area (TPSA) is 83.8 Å². The molecule has 0 aliphatic rings. The molecule has 0 unspecified atom stereocenters. The minimum absolute atomic E-state index is 0.295. The van der Waals surface area contributed by atoms with Gasteiger partial charge in [-0.25, -0.2) is 4.39 Å². The van der Waals surface area contributed by atoms with Crippen molar-refractivity contribution in [1.29, 1.82) is 0 Å². The maximum absolute atomic E-state index is 14.5. The number of aromatic amines is 1. The number of nitrogens with zero attached hydrogens (tertiary/aromatic N) is 2. The molecule has 2 heterocycles. The summed E-state index contributed by atoms with van der Waals surface area (Å²) in [6.45, 7) is 7.74. The van der Waals surface area contributed by atoms with Crippen molar-refractivity contribution in [3.05, 3.63) is 58.7 Å². The molecule has 2 aromatic carbocycles. The van der Waals surface area contributed by atoms with Crippen LogP contribution in [0.5, 0.6) is 0 Å². The summed E-state index contributed by atoms with van der Waals surface area (Å²) in [5, 5.41) is 15.1. The fourth-order valence-corrected chi connectivity index (χ4v) is 3.57. The predicted molar refractivity (Wildman–Crippen MR) is 109 cm³/mol. The van der Waals surface area contributed by atoms with Crippen molar-refractivity contribution in [2.45, 2.75) is 27.7 Å². The summed E-state index contributed by atoms with van der Waals surface area (Å²) in [6.07, 6.45) is 0. The molecule has 4 rings (SSSR count). The van der Waals surface area contributed by atoms with Gasteiger partial charge in [-0.3, -0.25) is 9.89 Å². The maximum atomic E-state index is 14.5. The van der Waals surface area contributed by atoms with Gasteiger partial charge in [-0.1, -0.05) is 11.2 Å². The van der Waals surface area contributed by atoms with Gasteiger partial charge in [-0.15, -0.1) is 0 Å². The van der Waals surface area contributed by atoms with Crippen molar-refractivity contribution < 1.29 is 13.7 Å². The first kappa shape index (κ1) is 18.9. The molecule has 0 atom stereocenters. The van der Waals surface area contributed by atoms with Crippen LogP contribution in [0.4, 0.5) is 4.39 Å².